The summed E-state index contributed by atoms with van der Waals surface area (Å²) in [6.07, 6.45) is 8.75. The molecule has 0 radical (unpaired) electrons. The number of piperidine rings is 1. The summed E-state index contributed by atoms with van der Waals surface area (Å²) in [6.45, 7) is 3.41. The number of allylic oxidation sites excluding steroid dienone is 2. The van der Waals surface area contributed by atoms with Crippen LogP contribution in [0.4, 0.5) is 0 Å². The molecule has 0 spiro atoms. The van der Waals surface area contributed by atoms with Crippen LogP contribution in [-0.4, -0.2) is 52.6 Å². The molecule has 0 amide bonds. The third-order valence-electron chi connectivity index (χ3n) is 4.16. The van der Waals surface area contributed by atoms with Crippen LogP contribution in [0.2, 0.25) is 0 Å². The molecule has 2 aliphatic heterocycles. The predicted molar refractivity (Wildman–Crippen MR) is 75.2 cm³/mol. The Bertz CT molecular complexity index is 326. The summed E-state index contributed by atoms with van der Waals surface area (Å²) in [6, 6.07) is 0.0376. The van der Waals surface area contributed by atoms with Crippen LogP contribution in [0.25, 0.3) is 0 Å². The first kappa shape index (κ1) is 14.5. The molecule has 4 atom stereocenters. The number of likely N-dealkylation sites (tertiary alicyclic amines) is 1. The molecule has 0 aromatic heterocycles. The van der Waals surface area contributed by atoms with Crippen LogP contribution < -0.4 is 11.1 Å². The lowest BCUT2D eigenvalue weighted by Crippen LogP contribution is -2.56. The van der Waals surface area contributed by atoms with Gasteiger partial charge in [0.05, 0.1) is 12.1 Å². The van der Waals surface area contributed by atoms with Gasteiger partial charge < -0.3 is 21.3 Å². The van der Waals surface area contributed by atoms with E-state index in [1.165, 1.54) is 0 Å². The largest absolute Gasteiger partial charge is 0.392 e. The molecule has 0 bridgehead atoms. The Morgan fingerprint density at radius 1 is 1.26 bits per heavy atom. The number of nitrogens with two attached hydrogens (primary N) is 1. The molecular formula is C14H25N3O2. The second kappa shape index (κ2) is 6.52. The molecule has 1 fully saturated rings. The van der Waals surface area contributed by atoms with Gasteiger partial charge in [-0.1, -0.05) is 12.2 Å². The maximum Gasteiger partial charge on any atom is 0.120 e. The second-order valence-corrected chi connectivity index (χ2v) is 5.53. The van der Waals surface area contributed by atoms with Gasteiger partial charge in [-0.05, 0) is 51.0 Å². The number of aliphatic hydroxyl groups is 2. The highest BCUT2D eigenvalue weighted by Crippen LogP contribution is 2.25. The lowest BCUT2D eigenvalue weighted by Gasteiger charge is -2.41. The lowest BCUT2D eigenvalue weighted by atomic mass is 9.87. The van der Waals surface area contributed by atoms with Crippen molar-refractivity contribution in [3.8, 4) is 0 Å². The average molecular weight is 267 g/mol. The van der Waals surface area contributed by atoms with Gasteiger partial charge in [-0.15, -0.1) is 0 Å². The van der Waals surface area contributed by atoms with Crippen LogP contribution in [0.1, 0.15) is 19.8 Å². The standard InChI is InChI=1S/C14H25N3O2/c1-10(18)13(14(15)19)17-8-5-11(6-9-17)12-4-2-3-7-16-12/h2-4,7,10-14,16,18-19H,5-6,8-9,15H2,1H3. The molecule has 0 aromatic rings. The molecule has 2 rings (SSSR count). The highest BCUT2D eigenvalue weighted by Gasteiger charge is 2.33. The van der Waals surface area contributed by atoms with Crippen LogP contribution >= 0.6 is 0 Å². The van der Waals surface area contributed by atoms with Crippen LogP contribution in [0.5, 0.6) is 0 Å². The number of dihydropyridines is 1. The van der Waals surface area contributed by atoms with Crippen molar-refractivity contribution in [3.63, 3.8) is 0 Å². The predicted octanol–water partition coefficient (Wildman–Crippen LogP) is -0.233. The minimum atomic E-state index is -0.993. The minimum Gasteiger partial charge on any atom is -0.392 e. The fourth-order valence-electron chi connectivity index (χ4n) is 3.14. The molecule has 0 aromatic carbocycles. The fraction of sp³-hybridized carbons (Fsp3) is 0.714. The van der Waals surface area contributed by atoms with Gasteiger partial charge in [-0.3, -0.25) is 4.90 Å². The topological polar surface area (TPSA) is 81.8 Å². The van der Waals surface area contributed by atoms with Crippen molar-refractivity contribution in [2.24, 2.45) is 11.7 Å². The number of aliphatic hydroxyl groups excluding tert-OH is 2. The van der Waals surface area contributed by atoms with Gasteiger partial charge in [0.25, 0.3) is 0 Å². The zero-order valence-corrected chi connectivity index (χ0v) is 11.4. The van der Waals surface area contributed by atoms with E-state index < -0.39 is 12.3 Å². The number of nitrogens with zero attached hydrogens (tertiary/aromatic N) is 1. The molecule has 2 aliphatic rings. The van der Waals surface area contributed by atoms with Crippen molar-refractivity contribution in [1.82, 2.24) is 10.2 Å². The maximum absolute atomic E-state index is 9.74. The monoisotopic (exact) mass is 267 g/mol. The van der Waals surface area contributed by atoms with E-state index in [2.05, 4.69) is 22.4 Å². The van der Waals surface area contributed by atoms with Crippen LogP contribution in [0.15, 0.2) is 24.4 Å². The Hall–Kier alpha value is -0.880. The normalized spacial score (nSPS) is 29.8. The number of hydrogen-bond acceptors (Lipinski definition) is 5. The van der Waals surface area contributed by atoms with Crippen LogP contribution in [-0.2, 0) is 0 Å². The summed E-state index contributed by atoms with van der Waals surface area (Å²) in [7, 11) is 0. The fourth-order valence-corrected chi connectivity index (χ4v) is 3.14. The Morgan fingerprint density at radius 3 is 2.42 bits per heavy atom. The molecule has 2 heterocycles. The molecule has 108 valence electrons. The molecule has 4 unspecified atom stereocenters. The highest BCUT2D eigenvalue weighted by molar-refractivity contribution is 5.13. The first-order valence-electron chi connectivity index (χ1n) is 7.04. The zero-order valence-electron chi connectivity index (χ0n) is 11.4. The van der Waals surface area contributed by atoms with Crippen molar-refractivity contribution in [3.05, 3.63) is 24.4 Å². The van der Waals surface area contributed by atoms with Crippen molar-refractivity contribution >= 4 is 0 Å². The summed E-state index contributed by atoms with van der Waals surface area (Å²) >= 11 is 0. The van der Waals surface area contributed by atoms with Gasteiger partial charge >= 0.3 is 0 Å². The summed E-state index contributed by atoms with van der Waals surface area (Å²) in [4.78, 5) is 2.11. The van der Waals surface area contributed by atoms with Gasteiger partial charge in [0.2, 0.25) is 0 Å². The minimum absolute atomic E-state index is 0.365. The molecule has 0 aliphatic carbocycles. The van der Waals surface area contributed by atoms with Gasteiger partial charge in [-0.2, -0.15) is 0 Å². The third-order valence-corrected chi connectivity index (χ3v) is 4.16. The molecule has 5 nitrogen and oxygen atoms in total. The maximum atomic E-state index is 9.74. The molecule has 19 heavy (non-hydrogen) atoms. The van der Waals surface area contributed by atoms with E-state index >= 15 is 0 Å². The van der Waals surface area contributed by atoms with Crippen molar-refractivity contribution in [2.75, 3.05) is 13.1 Å². The van der Waals surface area contributed by atoms with E-state index in [1.54, 1.807) is 6.92 Å². The van der Waals surface area contributed by atoms with Gasteiger partial charge in [0.15, 0.2) is 0 Å². The number of hydrogen-bond donors (Lipinski definition) is 4. The van der Waals surface area contributed by atoms with E-state index in [0.29, 0.717) is 12.0 Å². The van der Waals surface area contributed by atoms with Crippen molar-refractivity contribution < 1.29 is 10.2 Å². The Balaban J connectivity index is 1.87. The third kappa shape index (κ3) is 3.57. The van der Waals surface area contributed by atoms with Crippen LogP contribution in [0, 0.1) is 5.92 Å². The first-order valence-corrected chi connectivity index (χ1v) is 7.04. The Labute approximate surface area is 114 Å². The van der Waals surface area contributed by atoms with Crippen molar-refractivity contribution in [1.29, 1.82) is 0 Å². The zero-order chi connectivity index (χ0) is 13.8. The summed E-state index contributed by atoms with van der Waals surface area (Å²) in [5.74, 6) is 0.599. The highest BCUT2D eigenvalue weighted by atomic mass is 16.3. The van der Waals surface area contributed by atoms with E-state index in [4.69, 9.17) is 5.73 Å². The molecule has 0 saturated carbocycles. The number of rotatable bonds is 4. The van der Waals surface area contributed by atoms with Gasteiger partial charge in [0, 0.05) is 6.04 Å². The molecule has 5 N–H and O–H groups in total. The summed E-state index contributed by atoms with van der Waals surface area (Å²) < 4.78 is 0. The number of nitrogens with one attached hydrogen (secondary N) is 1. The second-order valence-electron chi connectivity index (χ2n) is 5.53. The quantitative estimate of drug-likeness (QED) is 0.529. The Kier molecular flexibility index (Phi) is 4.99. The van der Waals surface area contributed by atoms with E-state index in [0.717, 1.165) is 25.9 Å². The average Bonchev–Trinajstić information content (AvgIpc) is 2.40. The van der Waals surface area contributed by atoms with E-state index in [9.17, 15) is 10.2 Å². The van der Waals surface area contributed by atoms with Crippen molar-refractivity contribution in [2.45, 2.75) is 44.2 Å². The summed E-state index contributed by atoms with van der Waals surface area (Å²) in [5.41, 5.74) is 5.57. The van der Waals surface area contributed by atoms with E-state index in [1.807, 2.05) is 12.3 Å². The summed E-state index contributed by atoms with van der Waals surface area (Å²) in [5, 5.41) is 22.7. The Morgan fingerprint density at radius 2 is 1.95 bits per heavy atom. The van der Waals surface area contributed by atoms with E-state index in [-0.39, 0.29) is 6.04 Å². The van der Waals surface area contributed by atoms with Gasteiger partial charge in [0.1, 0.15) is 6.23 Å². The van der Waals surface area contributed by atoms with Gasteiger partial charge in [-0.25, -0.2) is 0 Å². The molecule has 1 saturated heterocycles. The van der Waals surface area contributed by atoms with Crippen LogP contribution in [0.3, 0.4) is 0 Å². The smallest absolute Gasteiger partial charge is 0.120 e. The SMILES string of the molecule is CC(O)C(C(N)O)N1CCC(C2C=CC=CN2)CC1. The first-order chi connectivity index (χ1) is 9.09. The molecular weight excluding hydrogens is 242 g/mol. The lowest BCUT2D eigenvalue weighted by molar-refractivity contribution is -0.0322. The molecule has 5 heteroatoms.